The van der Waals surface area contributed by atoms with E-state index in [0.29, 0.717) is 17.1 Å². The average Bonchev–Trinajstić information content (AvgIpc) is 2.54. The molecule has 5 nitrogen and oxygen atoms in total. The predicted molar refractivity (Wildman–Crippen MR) is 101 cm³/mol. The van der Waals surface area contributed by atoms with Gasteiger partial charge in [-0.2, -0.15) is 0 Å². The zero-order chi connectivity index (χ0) is 17.6. The van der Waals surface area contributed by atoms with Gasteiger partial charge >= 0.3 is 0 Å². The van der Waals surface area contributed by atoms with E-state index < -0.39 is 10.0 Å². The molecule has 0 unspecified atom stereocenters. The molecule has 2 aromatic carbocycles. The molecule has 0 aromatic heterocycles. The Hall–Kier alpha value is -1.99. The number of nitrogens with one attached hydrogen (secondary N) is 1. The van der Waals surface area contributed by atoms with Crippen LogP contribution in [0.15, 0.2) is 54.6 Å². The molecule has 0 aliphatic rings. The summed E-state index contributed by atoms with van der Waals surface area (Å²) in [6.07, 6.45) is 1.14. The fraction of sp³-hybridized carbons (Fsp3) is 0.235. The molecule has 0 aliphatic carbocycles. The topological polar surface area (TPSA) is 66.5 Å². The lowest BCUT2D eigenvalue weighted by molar-refractivity contribution is -0.113. The lowest BCUT2D eigenvalue weighted by Crippen LogP contribution is -2.25. The van der Waals surface area contributed by atoms with Crippen LogP contribution in [0.5, 0.6) is 0 Å². The zero-order valence-corrected chi connectivity index (χ0v) is 15.2. The highest BCUT2D eigenvalue weighted by molar-refractivity contribution is 7.99. The highest BCUT2D eigenvalue weighted by atomic mass is 32.2. The molecule has 0 bridgehead atoms. The number of hydrogen-bond donors (Lipinski definition) is 1. The number of rotatable bonds is 7. The van der Waals surface area contributed by atoms with Crippen LogP contribution in [-0.2, 0) is 20.6 Å². The highest BCUT2D eigenvalue weighted by Crippen LogP contribution is 2.20. The summed E-state index contributed by atoms with van der Waals surface area (Å²) in [5.41, 5.74) is 2.26. The van der Waals surface area contributed by atoms with Gasteiger partial charge in [0.15, 0.2) is 0 Å². The normalized spacial score (nSPS) is 11.1. The second kappa shape index (κ2) is 8.21. The largest absolute Gasteiger partial charge is 0.325 e. The summed E-state index contributed by atoms with van der Waals surface area (Å²) in [6.45, 7) is 0. The third-order valence-electron chi connectivity index (χ3n) is 3.34. The molecule has 128 valence electrons. The van der Waals surface area contributed by atoms with Crippen molar-refractivity contribution in [3.63, 3.8) is 0 Å². The number of anilines is 2. The standard InChI is InChI=1S/C17H20N2O3S2/c1-19(24(2,21)22)16-10-6-9-15(11-16)18-17(20)13-23-12-14-7-4-3-5-8-14/h3-11H,12-13H2,1-2H3,(H,18,20). The fourth-order valence-electron chi connectivity index (χ4n) is 2.00. The van der Waals surface area contributed by atoms with Gasteiger partial charge in [0.2, 0.25) is 15.9 Å². The Kier molecular flexibility index (Phi) is 6.28. The maximum absolute atomic E-state index is 12.0. The van der Waals surface area contributed by atoms with Gasteiger partial charge in [0.05, 0.1) is 17.7 Å². The molecule has 0 saturated heterocycles. The molecular formula is C17H20N2O3S2. The Balaban J connectivity index is 1.90. The Morgan fingerprint density at radius 3 is 2.50 bits per heavy atom. The number of hydrogen-bond acceptors (Lipinski definition) is 4. The van der Waals surface area contributed by atoms with Gasteiger partial charge in [-0.1, -0.05) is 36.4 Å². The molecular weight excluding hydrogens is 344 g/mol. The summed E-state index contributed by atoms with van der Waals surface area (Å²) in [5, 5.41) is 2.79. The predicted octanol–water partition coefficient (Wildman–Crippen LogP) is 2.95. The van der Waals surface area contributed by atoms with E-state index in [1.54, 1.807) is 24.3 Å². The molecule has 0 atom stereocenters. The van der Waals surface area contributed by atoms with Crippen LogP contribution in [0, 0.1) is 0 Å². The van der Waals surface area contributed by atoms with Crippen molar-refractivity contribution >= 4 is 39.1 Å². The third-order valence-corrected chi connectivity index (χ3v) is 5.55. The lowest BCUT2D eigenvalue weighted by atomic mass is 10.2. The number of thioether (sulfide) groups is 1. The van der Waals surface area contributed by atoms with Crippen molar-refractivity contribution in [3.8, 4) is 0 Å². The number of carbonyl (C=O) groups is 1. The number of carbonyl (C=O) groups excluding carboxylic acids is 1. The van der Waals surface area contributed by atoms with Gasteiger partial charge in [-0.15, -0.1) is 11.8 Å². The summed E-state index contributed by atoms with van der Waals surface area (Å²) in [7, 11) is -1.85. The first-order chi connectivity index (χ1) is 11.4. The highest BCUT2D eigenvalue weighted by Gasteiger charge is 2.12. The van der Waals surface area contributed by atoms with E-state index >= 15 is 0 Å². The van der Waals surface area contributed by atoms with Crippen LogP contribution in [0.2, 0.25) is 0 Å². The molecule has 2 aromatic rings. The smallest absolute Gasteiger partial charge is 0.234 e. The third kappa shape index (κ3) is 5.58. The molecule has 0 saturated carbocycles. The summed E-state index contributed by atoms with van der Waals surface area (Å²) in [6, 6.07) is 16.7. The molecule has 1 N–H and O–H groups in total. The Morgan fingerprint density at radius 1 is 1.12 bits per heavy atom. The van der Waals surface area contributed by atoms with E-state index in [1.165, 1.54) is 28.7 Å². The first-order valence-corrected chi connectivity index (χ1v) is 10.3. The van der Waals surface area contributed by atoms with Crippen molar-refractivity contribution in [2.45, 2.75) is 5.75 Å². The molecule has 24 heavy (non-hydrogen) atoms. The maximum atomic E-state index is 12.0. The van der Waals surface area contributed by atoms with Gasteiger partial charge in [-0.25, -0.2) is 8.42 Å². The van der Waals surface area contributed by atoms with Gasteiger partial charge in [0.25, 0.3) is 0 Å². The summed E-state index contributed by atoms with van der Waals surface area (Å²) in [5.74, 6) is 0.988. The van der Waals surface area contributed by atoms with Crippen LogP contribution in [0.1, 0.15) is 5.56 Å². The van der Waals surface area contributed by atoms with Crippen molar-refractivity contribution < 1.29 is 13.2 Å². The first kappa shape index (κ1) is 18.4. The van der Waals surface area contributed by atoms with Crippen LogP contribution in [0.4, 0.5) is 11.4 Å². The fourth-order valence-corrected chi connectivity index (χ4v) is 3.29. The minimum atomic E-state index is -3.33. The SMILES string of the molecule is CN(c1cccc(NC(=O)CSCc2ccccc2)c1)S(C)(=O)=O. The number of nitrogens with zero attached hydrogens (tertiary/aromatic N) is 1. The Morgan fingerprint density at radius 2 is 1.83 bits per heavy atom. The van der Waals surface area contributed by atoms with Gasteiger partial charge in [0.1, 0.15) is 0 Å². The van der Waals surface area contributed by atoms with Crippen molar-refractivity contribution in [2.24, 2.45) is 0 Å². The van der Waals surface area contributed by atoms with Crippen LogP contribution < -0.4 is 9.62 Å². The number of benzene rings is 2. The molecule has 0 heterocycles. The monoisotopic (exact) mass is 364 g/mol. The van der Waals surface area contributed by atoms with E-state index in [9.17, 15) is 13.2 Å². The molecule has 2 rings (SSSR count). The zero-order valence-electron chi connectivity index (χ0n) is 13.6. The van der Waals surface area contributed by atoms with Crippen molar-refractivity contribution in [1.82, 2.24) is 0 Å². The van der Waals surface area contributed by atoms with Gasteiger partial charge in [-0.05, 0) is 23.8 Å². The van der Waals surface area contributed by atoms with Gasteiger partial charge in [-0.3, -0.25) is 9.10 Å². The molecule has 7 heteroatoms. The van der Waals surface area contributed by atoms with Crippen molar-refractivity contribution in [3.05, 3.63) is 60.2 Å². The van der Waals surface area contributed by atoms with E-state index in [2.05, 4.69) is 5.32 Å². The lowest BCUT2D eigenvalue weighted by Gasteiger charge is -2.17. The summed E-state index contributed by atoms with van der Waals surface area (Å²) >= 11 is 1.53. The quantitative estimate of drug-likeness (QED) is 0.820. The van der Waals surface area contributed by atoms with E-state index in [1.807, 2.05) is 30.3 Å². The van der Waals surface area contributed by atoms with Crippen LogP contribution in [-0.4, -0.2) is 33.4 Å². The van der Waals surface area contributed by atoms with Crippen LogP contribution in [0.3, 0.4) is 0 Å². The summed E-state index contributed by atoms with van der Waals surface area (Å²) < 4.78 is 24.3. The van der Waals surface area contributed by atoms with Crippen LogP contribution >= 0.6 is 11.8 Å². The molecule has 0 radical (unpaired) electrons. The molecule has 1 amide bonds. The Bertz CT molecular complexity index is 792. The maximum Gasteiger partial charge on any atom is 0.234 e. The van der Waals surface area contributed by atoms with E-state index in [-0.39, 0.29) is 5.91 Å². The van der Waals surface area contributed by atoms with Gasteiger partial charge in [0, 0.05) is 18.5 Å². The number of sulfonamides is 1. The Labute approximate surface area is 147 Å². The second-order valence-corrected chi connectivity index (χ2v) is 8.31. The molecule has 0 aliphatic heterocycles. The molecule has 0 spiro atoms. The van der Waals surface area contributed by atoms with E-state index in [4.69, 9.17) is 0 Å². The van der Waals surface area contributed by atoms with Crippen molar-refractivity contribution in [2.75, 3.05) is 28.7 Å². The number of amides is 1. The second-order valence-electron chi connectivity index (χ2n) is 5.31. The first-order valence-electron chi connectivity index (χ1n) is 7.32. The van der Waals surface area contributed by atoms with Crippen molar-refractivity contribution in [1.29, 1.82) is 0 Å². The minimum absolute atomic E-state index is 0.116. The van der Waals surface area contributed by atoms with E-state index in [0.717, 1.165) is 12.0 Å². The van der Waals surface area contributed by atoms with Gasteiger partial charge < -0.3 is 5.32 Å². The van der Waals surface area contributed by atoms with Crippen LogP contribution in [0.25, 0.3) is 0 Å². The molecule has 0 fully saturated rings. The minimum Gasteiger partial charge on any atom is -0.325 e. The summed E-state index contributed by atoms with van der Waals surface area (Å²) in [4.78, 5) is 12.0. The average molecular weight is 364 g/mol.